The zero-order chi connectivity index (χ0) is 17.5. The summed E-state index contributed by atoms with van der Waals surface area (Å²) in [5.74, 6) is -1.71. The molecule has 2 aromatic carbocycles. The molecule has 2 aromatic rings. The van der Waals surface area contributed by atoms with Gasteiger partial charge in [-0.1, -0.05) is 42.5 Å². The molecule has 0 bridgehead atoms. The molecule has 5 nitrogen and oxygen atoms in total. The lowest BCUT2D eigenvalue weighted by Gasteiger charge is -2.14. The van der Waals surface area contributed by atoms with E-state index in [4.69, 9.17) is 9.84 Å². The summed E-state index contributed by atoms with van der Waals surface area (Å²) >= 11 is 0. The zero-order valence-corrected chi connectivity index (χ0v) is 13.7. The van der Waals surface area contributed by atoms with Gasteiger partial charge >= 0.3 is 5.97 Å². The number of carbonyl (C=O) groups excluding carboxylic acids is 1. The Morgan fingerprint density at radius 3 is 2.25 bits per heavy atom. The van der Waals surface area contributed by atoms with Crippen LogP contribution in [0.25, 0.3) is 0 Å². The first kappa shape index (κ1) is 17.7. The molecule has 0 saturated heterocycles. The smallest absolute Gasteiger partial charge is 0.310 e. The number of rotatable bonds is 7. The molecule has 0 aliphatic carbocycles. The lowest BCUT2D eigenvalue weighted by Crippen LogP contribution is -2.27. The van der Waals surface area contributed by atoms with Gasteiger partial charge in [-0.2, -0.15) is 0 Å². The number of benzene rings is 2. The molecule has 2 unspecified atom stereocenters. The fourth-order valence-electron chi connectivity index (χ4n) is 2.11. The van der Waals surface area contributed by atoms with E-state index in [1.807, 2.05) is 30.3 Å². The largest absolute Gasteiger partial charge is 0.481 e. The summed E-state index contributed by atoms with van der Waals surface area (Å²) in [5, 5.41) is 11.8. The minimum Gasteiger partial charge on any atom is -0.481 e. The molecule has 0 aromatic heterocycles. The van der Waals surface area contributed by atoms with Crippen LogP contribution >= 0.6 is 0 Å². The van der Waals surface area contributed by atoms with E-state index in [0.717, 1.165) is 5.56 Å². The van der Waals surface area contributed by atoms with Gasteiger partial charge in [0.15, 0.2) is 0 Å². The second-order valence-corrected chi connectivity index (χ2v) is 5.61. The van der Waals surface area contributed by atoms with Crippen LogP contribution in [0.5, 0.6) is 0 Å². The lowest BCUT2D eigenvalue weighted by atomic mass is 10.0. The van der Waals surface area contributed by atoms with Crippen molar-refractivity contribution in [1.29, 1.82) is 0 Å². The molecule has 0 radical (unpaired) electrons. The molecule has 24 heavy (non-hydrogen) atoms. The fourth-order valence-corrected chi connectivity index (χ4v) is 2.11. The Bertz CT molecular complexity index is 682. The quantitative estimate of drug-likeness (QED) is 0.817. The second kappa shape index (κ2) is 8.26. The predicted molar refractivity (Wildman–Crippen MR) is 91.8 cm³/mol. The summed E-state index contributed by atoms with van der Waals surface area (Å²) in [5.41, 5.74) is 2.30. The maximum Gasteiger partial charge on any atom is 0.310 e. The van der Waals surface area contributed by atoms with Crippen LogP contribution in [0.4, 0.5) is 5.69 Å². The molecule has 0 fully saturated rings. The summed E-state index contributed by atoms with van der Waals surface area (Å²) < 4.78 is 5.57. The van der Waals surface area contributed by atoms with Crippen molar-refractivity contribution in [3.63, 3.8) is 0 Å². The standard InChI is InChI=1S/C19H21NO4/c1-13(19(22)23)16-8-10-17(11-9-16)20-18(21)14(2)24-12-15-6-4-3-5-7-15/h3-11,13-14H,12H2,1-2H3,(H,20,21)(H,22,23). The summed E-state index contributed by atoms with van der Waals surface area (Å²) in [6, 6.07) is 16.4. The molecule has 5 heteroatoms. The highest BCUT2D eigenvalue weighted by Gasteiger charge is 2.15. The van der Waals surface area contributed by atoms with Crippen molar-refractivity contribution in [3.05, 3.63) is 65.7 Å². The van der Waals surface area contributed by atoms with Crippen molar-refractivity contribution in [2.75, 3.05) is 5.32 Å². The third-order valence-electron chi connectivity index (χ3n) is 3.76. The summed E-state index contributed by atoms with van der Waals surface area (Å²) in [7, 11) is 0. The molecule has 0 aliphatic rings. The summed E-state index contributed by atoms with van der Waals surface area (Å²) in [6.07, 6.45) is -0.595. The topological polar surface area (TPSA) is 75.6 Å². The number of ether oxygens (including phenoxy) is 1. The van der Waals surface area contributed by atoms with Crippen LogP contribution in [0.15, 0.2) is 54.6 Å². The molecule has 1 amide bonds. The van der Waals surface area contributed by atoms with Crippen molar-refractivity contribution in [1.82, 2.24) is 0 Å². The van der Waals surface area contributed by atoms with Gasteiger partial charge in [-0.15, -0.1) is 0 Å². The van der Waals surface area contributed by atoms with Crippen LogP contribution < -0.4 is 5.32 Å². The minimum absolute atomic E-state index is 0.245. The Morgan fingerprint density at radius 1 is 1.04 bits per heavy atom. The van der Waals surface area contributed by atoms with Gasteiger partial charge in [-0.3, -0.25) is 9.59 Å². The number of carboxylic acids is 1. The van der Waals surface area contributed by atoms with Crippen molar-refractivity contribution in [2.45, 2.75) is 32.5 Å². The number of nitrogens with one attached hydrogen (secondary N) is 1. The van der Waals surface area contributed by atoms with Crippen LogP contribution in [0.2, 0.25) is 0 Å². The third kappa shape index (κ3) is 4.93. The van der Waals surface area contributed by atoms with Gasteiger partial charge in [0.1, 0.15) is 6.10 Å². The molecule has 2 N–H and O–H groups in total. The normalized spacial score (nSPS) is 13.1. The Hall–Kier alpha value is -2.66. The van der Waals surface area contributed by atoms with Crippen molar-refractivity contribution in [3.8, 4) is 0 Å². The highest BCUT2D eigenvalue weighted by atomic mass is 16.5. The number of hydrogen-bond donors (Lipinski definition) is 2. The van der Waals surface area contributed by atoms with E-state index in [1.165, 1.54) is 0 Å². The Kier molecular flexibility index (Phi) is 6.09. The number of amides is 1. The van der Waals surface area contributed by atoms with Crippen LogP contribution in [-0.4, -0.2) is 23.1 Å². The van der Waals surface area contributed by atoms with E-state index in [2.05, 4.69) is 5.32 Å². The Balaban J connectivity index is 1.88. The molecule has 0 saturated carbocycles. The van der Waals surface area contributed by atoms with Crippen LogP contribution in [-0.2, 0) is 20.9 Å². The van der Waals surface area contributed by atoms with Gasteiger partial charge < -0.3 is 15.2 Å². The van der Waals surface area contributed by atoms with Crippen molar-refractivity contribution < 1.29 is 19.4 Å². The van der Waals surface area contributed by atoms with E-state index in [1.54, 1.807) is 38.1 Å². The summed E-state index contributed by atoms with van der Waals surface area (Å²) in [4.78, 5) is 23.1. The monoisotopic (exact) mass is 327 g/mol. The van der Waals surface area contributed by atoms with Gasteiger partial charge in [0.25, 0.3) is 5.91 Å². The summed E-state index contributed by atoms with van der Waals surface area (Å²) in [6.45, 7) is 3.68. The maximum atomic E-state index is 12.1. The van der Waals surface area contributed by atoms with Crippen molar-refractivity contribution in [2.24, 2.45) is 0 Å². The van der Waals surface area contributed by atoms with E-state index in [9.17, 15) is 9.59 Å². The number of carboxylic acid groups (broad SMARTS) is 1. The number of hydrogen-bond acceptors (Lipinski definition) is 3. The number of aliphatic carboxylic acids is 1. The molecule has 0 aliphatic heterocycles. The molecule has 2 rings (SSSR count). The van der Waals surface area contributed by atoms with Gasteiger partial charge in [0.2, 0.25) is 0 Å². The Labute approximate surface area is 141 Å². The fraction of sp³-hybridized carbons (Fsp3) is 0.263. The second-order valence-electron chi connectivity index (χ2n) is 5.61. The predicted octanol–water partition coefficient (Wildman–Crippen LogP) is 3.42. The van der Waals surface area contributed by atoms with Crippen molar-refractivity contribution >= 4 is 17.6 Å². The highest BCUT2D eigenvalue weighted by Crippen LogP contribution is 2.18. The van der Waals surface area contributed by atoms with E-state index in [0.29, 0.717) is 17.9 Å². The molecular formula is C19H21NO4. The first-order valence-electron chi connectivity index (χ1n) is 7.76. The maximum absolute atomic E-state index is 12.1. The van der Waals surface area contributed by atoms with E-state index in [-0.39, 0.29) is 5.91 Å². The van der Waals surface area contributed by atoms with Gasteiger partial charge in [0.05, 0.1) is 12.5 Å². The van der Waals surface area contributed by atoms with Crippen LogP contribution in [0.3, 0.4) is 0 Å². The first-order valence-corrected chi connectivity index (χ1v) is 7.76. The van der Waals surface area contributed by atoms with Gasteiger partial charge in [-0.05, 0) is 37.1 Å². The zero-order valence-electron chi connectivity index (χ0n) is 13.7. The van der Waals surface area contributed by atoms with Gasteiger partial charge in [0, 0.05) is 5.69 Å². The molecule has 126 valence electrons. The molecule has 0 spiro atoms. The average molecular weight is 327 g/mol. The number of carbonyl (C=O) groups is 2. The molecule has 0 heterocycles. The molecule has 2 atom stereocenters. The van der Waals surface area contributed by atoms with E-state index >= 15 is 0 Å². The Morgan fingerprint density at radius 2 is 1.67 bits per heavy atom. The van der Waals surface area contributed by atoms with Gasteiger partial charge in [-0.25, -0.2) is 0 Å². The third-order valence-corrected chi connectivity index (χ3v) is 3.76. The molecular weight excluding hydrogens is 306 g/mol. The average Bonchev–Trinajstić information content (AvgIpc) is 2.60. The lowest BCUT2D eigenvalue weighted by molar-refractivity contribution is -0.138. The number of anilines is 1. The van der Waals surface area contributed by atoms with Crippen LogP contribution in [0, 0.1) is 0 Å². The first-order chi connectivity index (χ1) is 11.5. The van der Waals surface area contributed by atoms with Crippen LogP contribution in [0.1, 0.15) is 30.9 Å². The van der Waals surface area contributed by atoms with E-state index < -0.39 is 18.0 Å². The SMILES string of the molecule is CC(OCc1ccccc1)C(=O)Nc1ccc(C(C)C(=O)O)cc1. The highest BCUT2D eigenvalue weighted by molar-refractivity contribution is 5.93. The minimum atomic E-state index is -0.880.